The molecule has 2 nitrogen and oxygen atoms in total. The van der Waals surface area contributed by atoms with Crippen LogP contribution in [0.3, 0.4) is 0 Å². The minimum atomic E-state index is 0.490. The van der Waals surface area contributed by atoms with Gasteiger partial charge in [0.15, 0.2) is 0 Å². The van der Waals surface area contributed by atoms with E-state index in [1.54, 1.807) is 0 Å². The van der Waals surface area contributed by atoms with Crippen LogP contribution in [0.15, 0.2) is 18.2 Å². The zero-order valence-electron chi connectivity index (χ0n) is 11.5. The predicted octanol–water partition coefficient (Wildman–Crippen LogP) is 3.25. The van der Waals surface area contributed by atoms with Crippen molar-refractivity contribution in [2.45, 2.75) is 25.8 Å². The quantitative estimate of drug-likeness (QED) is 0.904. The van der Waals surface area contributed by atoms with Crippen molar-refractivity contribution in [3.63, 3.8) is 0 Å². The number of hydrogen-bond donors (Lipinski definition) is 1. The number of benzene rings is 1. The van der Waals surface area contributed by atoms with E-state index in [2.05, 4.69) is 42.4 Å². The van der Waals surface area contributed by atoms with Crippen molar-refractivity contribution in [3.05, 3.63) is 34.3 Å². The molecule has 3 heteroatoms. The van der Waals surface area contributed by atoms with E-state index in [9.17, 15) is 0 Å². The fraction of sp³-hybridized carbons (Fsp3) is 0.600. The monoisotopic (exact) mass is 266 g/mol. The lowest BCUT2D eigenvalue weighted by atomic mass is 9.84. The lowest BCUT2D eigenvalue weighted by Crippen LogP contribution is -2.39. The molecule has 1 fully saturated rings. The minimum Gasteiger partial charge on any atom is -0.319 e. The zero-order valence-corrected chi connectivity index (χ0v) is 12.3. The van der Waals surface area contributed by atoms with Crippen molar-refractivity contribution in [2.75, 3.05) is 27.2 Å². The van der Waals surface area contributed by atoms with E-state index in [0.29, 0.717) is 12.0 Å². The van der Waals surface area contributed by atoms with Crippen LogP contribution in [0.4, 0.5) is 0 Å². The van der Waals surface area contributed by atoms with Crippen molar-refractivity contribution in [3.8, 4) is 0 Å². The third-order valence-electron chi connectivity index (χ3n) is 4.01. The van der Waals surface area contributed by atoms with E-state index in [-0.39, 0.29) is 0 Å². The number of nitrogens with zero attached hydrogens (tertiary/aromatic N) is 1. The Bertz CT molecular complexity index is 403. The Labute approximate surface area is 115 Å². The minimum absolute atomic E-state index is 0.490. The lowest BCUT2D eigenvalue weighted by molar-refractivity contribution is 0.121. The number of aryl methyl sites for hydroxylation is 1. The van der Waals surface area contributed by atoms with Gasteiger partial charge in [-0.1, -0.05) is 23.7 Å². The number of hydrogen-bond acceptors (Lipinski definition) is 2. The Kier molecular flexibility index (Phi) is 4.66. The second-order valence-corrected chi connectivity index (χ2v) is 5.80. The summed E-state index contributed by atoms with van der Waals surface area (Å²) in [7, 11) is 4.26. The molecule has 0 bridgehead atoms. The molecule has 1 heterocycles. The molecular formula is C15H23ClN2. The molecule has 0 amide bonds. The van der Waals surface area contributed by atoms with Gasteiger partial charge in [0.1, 0.15) is 0 Å². The number of nitrogens with one attached hydrogen (secondary N) is 1. The summed E-state index contributed by atoms with van der Waals surface area (Å²) in [6.45, 7) is 4.30. The van der Waals surface area contributed by atoms with Crippen LogP contribution < -0.4 is 5.32 Å². The van der Waals surface area contributed by atoms with Crippen LogP contribution in [0.2, 0.25) is 5.02 Å². The summed E-state index contributed by atoms with van der Waals surface area (Å²) in [4.78, 5) is 2.46. The highest BCUT2D eigenvalue weighted by Gasteiger charge is 2.30. The summed E-state index contributed by atoms with van der Waals surface area (Å²) in [5.74, 6) is 0.674. The van der Waals surface area contributed by atoms with Crippen LogP contribution in [0.1, 0.15) is 30.0 Å². The van der Waals surface area contributed by atoms with Crippen LogP contribution in [0.5, 0.6) is 0 Å². The van der Waals surface area contributed by atoms with Gasteiger partial charge in [0.2, 0.25) is 0 Å². The number of likely N-dealkylation sites (tertiary alicyclic amines) is 1. The molecule has 0 radical (unpaired) electrons. The molecule has 18 heavy (non-hydrogen) atoms. The maximum absolute atomic E-state index is 6.27. The van der Waals surface area contributed by atoms with Gasteiger partial charge in [-0.2, -0.15) is 0 Å². The normalized spacial score (nSPS) is 25.3. The van der Waals surface area contributed by atoms with Gasteiger partial charge in [0.05, 0.1) is 0 Å². The van der Waals surface area contributed by atoms with Crippen molar-refractivity contribution in [1.82, 2.24) is 10.2 Å². The molecular weight excluding hydrogens is 244 g/mol. The van der Waals surface area contributed by atoms with Crippen LogP contribution >= 0.6 is 11.6 Å². The molecule has 1 N–H and O–H groups in total. The summed E-state index contributed by atoms with van der Waals surface area (Å²) in [6, 6.07) is 7.00. The van der Waals surface area contributed by atoms with Gasteiger partial charge in [-0.3, -0.25) is 4.90 Å². The van der Waals surface area contributed by atoms with Crippen LogP contribution in [-0.2, 0) is 0 Å². The molecule has 100 valence electrons. The zero-order chi connectivity index (χ0) is 13.1. The average Bonchev–Trinajstić information content (AvgIpc) is 2.34. The molecule has 2 atom stereocenters. The number of piperidine rings is 1. The highest BCUT2D eigenvalue weighted by Crippen LogP contribution is 2.36. The van der Waals surface area contributed by atoms with Crippen molar-refractivity contribution >= 4 is 11.6 Å². The summed E-state index contributed by atoms with van der Waals surface area (Å²) in [6.07, 6.45) is 2.58. The first kappa shape index (κ1) is 13.9. The SMILES string of the molecule is CNCC1CCCN(C)C1c1ccc(C)c(Cl)c1. The maximum atomic E-state index is 6.27. The molecule has 0 aromatic heterocycles. The first-order valence-corrected chi connectivity index (χ1v) is 7.12. The van der Waals surface area contributed by atoms with E-state index in [1.165, 1.54) is 24.9 Å². The highest BCUT2D eigenvalue weighted by atomic mass is 35.5. The molecule has 0 aliphatic carbocycles. The largest absolute Gasteiger partial charge is 0.319 e. The van der Waals surface area contributed by atoms with E-state index in [1.807, 2.05) is 7.05 Å². The average molecular weight is 267 g/mol. The van der Waals surface area contributed by atoms with Gasteiger partial charge in [-0.25, -0.2) is 0 Å². The highest BCUT2D eigenvalue weighted by molar-refractivity contribution is 6.31. The fourth-order valence-corrected chi connectivity index (χ4v) is 3.24. The Morgan fingerprint density at radius 1 is 1.44 bits per heavy atom. The third-order valence-corrected chi connectivity index (χ3v) is 4.42. The van der Waals surface area contributed by atoms with Gasteiger partial charge < -0.3 is 5.32 Å². The summed E-state index contributed by atoms with van der Waals surface area (Å²) in [5.41, 5.74) is 2.51. The Hall–Kier alpha value is -0.570. The van der Waals surface area contributed by atoms with Crippen molar-refractivity contribution < 1.29 is 0 Å². The first-order valence-electron chi connectivity index (χ1n) is 6.74. The Balaban J connectivity index is 2.28. The number of rotatable bonds is 3. The van der Waals surface area contributed by atoms with E-state index in [4.69, 9.17) is 11.6 Å². The topological polar surface area (TPSA) is 15.3 Å². The lowest BCUT2D eigenvalue weighted by Gasteiger charge is -2.39. The standard InChI is InChI=1S/C15H23ClN2/c1-11-6-7-12(9-14(11)16)15-13(10-17-2)5-4-8-18(15)3/h6-7,9,13,15,17H,4-5,8,10H2,1-3H3. The second-order valence-electron chi connectivity index (χ2n) is 5.39. The summed E-state index contributed by atoms with van der Waals surface area (Å²) >= 11 is 6.27. The summed E-state index contributed by atoms with van der Waals surface area (Å²) in [5, 5.41) is 4.21. The van der Waals surface area contributed by atoms with E-state index < -0.39 is 0 Å². The molecule has 1 aromatic carbocycles. The van der Waals surface area contributed by atoms with Crippen LogP contribution in [-0.4, -0.2) is 32.1 Å². The maximum Gasteiger partial charge on any atom is 0.0438 e. The Morgan fingerprint density at radius 3 is 2.89 bits per heavy atom. The molecule has 1 saturated heterocycles. The van der Waals surface area contributed by atoms with Gasteiger partial charge in [0.25, 0.3) is 0 Å². The van der Waals surface area contributed by atoms with Crippen LogP contribution in [0.25, 0.3) is 0 Å². The molecule has 0 saturated carbocycles. The Morgan fingerprint density at radius 2 is 2.22 bits per heavy atom. The van der Waals surface area contributed by atoms with Crippen molar-refractivity contribution in [1.29, 1.82) is 0 Å². The summed E-state index contributed by atoms with van der Waals surface area (Å²) < 4.78 is 0. The smallest absolute Gasteiger partial charge is 0.0438 e. The predicted molar refractivity (Wildman–Crippen MR) is 78.2 cm³/mol. The molecule has 2 rings (SSSR count). The first-order chi connectivity index (χ1) is 8.63. The van der Waals surface area contributed by atoms with Crippen molar-refractivity contribution in [2.24, 2.45) is 5.92 Å². The van der Waals surface area contributed by atoms with Gasteiger partial charge in [-0.05, 0) is 70.1 Å². The molecule has 1 aromatic rings. The van der Waals surface area contributed by atoms with Gasteiger partial charge in [-0.15, -0.1) is 0 Å². The van der Waals surface area contributed by atoms with Crippen LogP contribution in [0, 0.1) is 12.8 Å². The molecule has 0 spiro atoms. The molecule has 2 unspecified atom stereocenters. The van der Waals surface area contributed by atoms with E-state index >= 15 is 0 Å². The molecule has 1 aliphatic heterocycles. The van der Waals surface area contributed by atoms with Gasteiger partial charge >= 0.3 is 0 Å². The molecule has 1 aliphatic rings. The fourth-order valence-electron chi connectivity index (χ4n) is 3.06. The number of halogens is 1. The second kappa shape index (κ2) is 6.05. The third kappa shape index (κ3) is 2.87. The van der Waals surface area contributed by atoms with Gasteiger partial charge in [0, 0.05) is 11.1 Å². The van der Waals surface area contributed by atoms with E-state index in [0.717, 1.165) is 17.1 Å².